The molecule has 2 aromatic rings. The Hall–Kier alpha value is -2.41. The molecule has 3 nitrogen and oxygen atoms in total. The molecular weight excluding hydrogens is 302 g/mol. The second-order valence-corrected chi connectivity index (χ2v) is 4.46. The molecule has 2 rings (SSSR count). The van der Waals surface area contributed by atoms with Crippen molar-refractivity contribution in [3.05, 3.63) is 58.9 Å². The minimum absolute atomic E-state index is 0.0165. The molecule has 116 valence electrons. The molecule has 0 aliphatic carbocycles. The average Bonchev–Trinajstić information content (AvgIpc) is 2.48. The largest absolute Gasteiger partial charge is 0.454 e. The molecule has 22 heavy (non-hydrogen) atoms. The Bertz CT molecular complexity index is 698. The van der Waals surface area contributed by atoms with Crippen molar-refractivity contribution in [3.8, 4) is 11.5 Å². The van der Waals surface area contributed by atoms with Gasteiger partial charge in [0.25, 0.3) is 0 Å². The summed E-state index contributed by atoms with van der Waals surface area (Å²) in [6.07, 6.45) is -3.86. The monoisotopic (exact) mass is 313 g/mol. The number of halogens is 4. The second-order valence-electron chi connectivity index (χ2n) is 4.46. The van der Waals surface area contributed by atoms with Gasteiger partial charge in [-0.1, -0.05) is 6.07 Å². The summed E-state index contributed by atoms with van der Waals surface area (Å²) in [5.41, 5.74) is -0.692. The molecule has 0 heterocycles. The number of ether oxygens (including phenoxy) is 1. The summed E-state index contributed by atoms with van der Waals surface area (Å²) in [7, 11) is 0. The summed E-state index contributed by atoms with van der Waals surface area (Å²) in [6, 6.07) is 6.36. The average molecular weight is 313 g/mol. The molecule has 0 bridgehead atoms. The fourth-order valence-electron chi connectivity index (χ4n) is 1.78. The molecule has 0 amide bonds. The zero-order valence-corrected chi connectivity index (χ0v) is 11.1. The number of nitrogens with one attached hydrogen (secondary N) is 1. The van der Waals surface area contributed by atoms with Gasteiger partial charge in [-0.15, -0.1) is 0 Å². The van der Waals surface area contributed by atoms with E-state index in [9.17, 15) is 17.6 Å². The highest BCUT2D eigenvalue weighted by Crippen LogP contribution is 2.34. The Kier molecular flexibility index (Phi) is 4.46. The Balaban J connectivity index is 2.39. The van der Waals surface area contributed by atoms with Gasteiger partial charge in [-0.2, -0.15) is 13.2 Å². The summed E-state index contributed by atoms with van der Waals surface area (Å²) in [4.78, 5) is 0. The highest BCUT2D eigenvalue weighted by Gasteiger charge is 2.31. The molecule has 0 aliphatic rings. The van der Waals surface area contributed by atoms with E-state index >= 15 is 0 Å². The van der Waals surface area contributed by atoms with E-state index in [0.717, 1.165) is 24.4 Å². The highest BCUT2D eigenvalue weighted by molar-refractivity contribution is 5.78. The topological polar surface area (TPSA) is 53.3 Å². The van der Waals surface area contributed by atoms with Crippen LogP contribution in [0.25, 0.3) is 0 Å². The summed E-state index contributed by atoms with van der Waals surface area (Å²) in [5, 5.41) is 15.9. The Morgan fingerprint density at radius 2 is 1.86 bits per heavy atom. The molecule has 0 fully saturated rings. The van der Waals surface area contributed by atoms with Crippen LogP contribution in [0.2, 0.25) is 0 Å². The molecule has 7 heteroatoms. The third kappa shape index (κ3) is 3.62. The van der Waals surface area contributed by atoms with Crippen LogP contribution in [0.15, 0.2) is 36.4 Å². The Labute approximate surface area is 123 Å². The van der Waals surface area contributed by atoms with Crippen LogP contribution in [0, 0.1) is 11.2 Å². The first kappa shape index (κ1) is 16.0. The van der Waals surface area contributed by atoms with Crippen molar-refractivity contribution in [3.63, 3.8) is 0 Å². The number of rotatable bonds is 4. The van der Waals surface area contributed by atoms with Crippen LogP contribution in [-0.4, -0.2) is 11.3 Å². The van der Waals surface area contributed by atoms with Crippen LogP contribution in [-0.2, 0) is 12.8 Å². The van der Waals surface area contributed by atoms with E-state index in [1.165, 1.54) is 18.2 Å². The van der Waals surface area contributed by atoms with E-state index in [1.54, 1.807) is 0 Å². The molecule has 0 spiro atoms. The summed E-state index contributed by atoms with van der Waals surface area (Å²) >= 11 is 0. The quantitative estimate of drug-likeness (QED) is 0.659. The van der Waals surface area contributed by atoms with Gasteiger partial charge < -0.3 is 15.3 Å². The molecule has 0 unspecified atom stereocenters. The first-order valence-corrected chi connectivity index (χ1v) is 6.13. The van der Waals surface area contributed by atoms with Crippen molar-refractivity contribution < 1.29 is 27.4 Å². The van der Waals surface area contributed by atoms with Gasteiger partial charge in [0.15, 0.2) is 11.6 Å². The van der Waals surface area contributed by atoms with Crippen LogP contribution >= 0.6 is 0 Å². The number of aliphatic hydroxyl groups excluding tert-OH is 1. The summed E-state index contributed by atoms with van der Waals surface area (Å²) in [6.45, 7) is -0.362. The van der Waals surface area contributed by atoms with Crippen LogP contribution in [0.3, 0.4) is 0 Å². The van der Waals surface area contributed by atoms with Gasteiger partial charge in [0, 0.05) is 6.21 Å². The van der Waals surface area contributed by atoms with Crippen LogP contribution < -0.4 is 4.74 Å². The minimum atomic E-state index is -4.60. The van der Waals surface area contributed by atoms with E-state index in [1.807, 2.05) is 0 Å². The zero-order valence-electron chi connectivity index (χ0n) is 11.1. The number of hydrogen-bond donors (Lipinski definition) is 2. The summed E-state index contributed by atoms with van der Waals surface area (Å²) in [5.74, 6) is -1.31. The van der Waals surface area contributed by atoms with Crippen molar-refractivity contribution in [1.82, 2.24) is 0 Å². The molecule has 0 saturated carbocycles. The van der Waals surface area contributed by atoms with Crippen molar-refractivity contribution in [1.29, 1.82) is 5.41 Å². The fraction of sp³-hybridized carbons (Fsp3) is 0.133. The highest BCUT2D eigenvalue weighted by atomic mass is 19.4. The summed E-state index contributed by atoms with van der Waals surface area (Å²) < 4.78 is 57.2. The van der Waals surface area contributed by atoms with E-state index in [0.29, 0.717) is 5.56 Å². The van der Waals surface area contributed by atoms with Gasteiger partial charge in [-0.3, -0.25) is 0 Å². The molecular formula is C15H11F4NO2. The lowest BCUT2D eigenvalue weighted by Crippen LogP contribution is -2.06. The zero-order chi connectivity index (χ0) is 16.3. The number of alkyl halides is 3. The fourth-order valence-corrected chi connectivity index (χ4v) is 1.78. The smallest absolute Gasteiger partial charge is 0.416 e. The van der Waals surface area contributed by atoms with Gasteiger partial charge in [0.05, 0.1) is 12.2 Å². The number of aliphatic hydroxyl groups is 1. The van der Waals surface area contributed by atoms with Crippen molar-refractivity contribution in [2.45, 2.75) is 12.8 Å². The Morgan fingerprint density at radius 1 is 1.14 bits per heavy atom. The third-order valence-electron chi connectivity index (χ3n) is 2.83. The lowest BCUT2D eigenvalue weighted by molar-refractivity contribution is -0.137. The Morgan fingerprint density at radius 3 is 2.41 bits per heavy atom. The van der Waals surface area contributed by atoms with E-state index < -0.39 is 17.6 Å². The van der Waals surface area contributed by atoms with E-state index in [2.05, 4.69) is 0 Å². The maximum absolute atomic E-state index is 13.7. The molecule has 0 atom stereocenters. The lowest BCUT2D eigenvalue weighted by Gasteiger charge is -2.12. The third-order valence-corrected chi connectivity index (χ3v) is 2.83. The van der Waals surface area contributed by atoms with E-state index in [-0.39, 0.29) is 23.7 Å². The van der Waals surface area contributed by atoms with Crippen LogP contribution in [0.1, 0.15) is 16.7 Å². The normalized spacial score (nSPS) is 11.3. The van der Waals surface area contributed by atoms with Gasteiger partial charge in [0.1, 0.15) is 5.75 Å². The van der Waals surface area contributed by atoms with Crippen molar-refractivity contribution in [2.24, 2.45) is 0 Å². The standard InChI is InChI=1S/C15H11F4NO2/c16-13-5-9(8-21)1-2-14(13)22-12-4-10(7-20)3-11(6-12)15(17,18)19/h1-7,20-21H,8H2. The van der Waals surface area contributed by atoms with Crippen LogP contribution in [0.5, 0.6) is 11.5 Å². The SMILES string of the molecule is N=Cc1cc(Oc2ccc(CO)cc2F)cc(C(F)(F)F)c1. The minimum Gasteiger partial charge on any atom is -0.454 e. The number of hydrogen-bond acceptors (Lipinski definition) is 3. The molecule has 2 aromatic carbocycles. The predicted octanol–water partition coefficient (Wildman–Crippen LogP) is 4.13. The van der Waals surface area contributed by atoms with Crippen molar-refractivity contribution >= 4 is 6.21 Å². The predicted molar refractivity (Wildman–Crippen MR) is 71.7 cm³/mol. The van der Waals surface area contributed by atoms with Gasteiger partial charge in [-0.05, 0) is 41.5 Å². The maximum Gasteiger partial charge on any atom is 0.416 e. The first-order chi connectivity index (χ1) is 10.3. The maximum atomic E-state index is 13.7. The van der Waals surface area contributed by atoms with Gasteiger partial charge in [0.2, 0.25) is 0 Å². The molecule has 0 aromatic heterocycles. The molecule has 0 aliphatic heterocycles. The van der Waals surface area contributed by atoms with Gasteiger partial charge >= 0.3 is 6.18 Å². The number of benzene rings is 2. The molecule has 0 radical (unpaired) electrons. The first-order valence-electron chi connectivity index (χ1n) is 6.13. The van der Waals surface area contributed by atoms with E-state index in [4.69, 9.17) is 15.3 Å². The lowest BCUT2D eigenvalue weighted by atomic mass is 10.1. The molecule has 2 N–H and O–H groups in total. The second kappa shape index (κ2) is 6.15. The van der Waals surface area contributed by atoms with Crippen molar-refractivity contribution in [2.75, 3.05) is 0 Å². The molecule has 0 saturated heterocycles. The van der Waals surface area contributed by atoms with Gasteiger partial charge in [-0.25, -0.2) is 4.39 Å². The van der Waals surface area contributed by atoms with Crippen LogP contribution in [0.4, 0.5) is 17.6 Å².